The molecule has 1 aromatic heterocycles. The van der Waals surface area contributed by atoms with E-state index in [1.807, 2.05) is 30.3 Å². The zero-order chi connectivity index (χ0) is 11.4. The van der Waals surface area contributed by atoms with Crippen molar-refractivity contribution in [3.63, 3.8) is 0 Å². The summed E-state index contributed by atoms with van der Waals surface area (Å²) in [6.45, 7) is 0. The number of hydrogen-bond donors (Lipinski definition) is 1. The molecule has 0 aliphatic heterocycles. The Balaban J connectivity index is 2.53. The van der Waals surface area contributed by atoms with Crippen molar-refractivity contribution < 1.29 is 4.79 Å². The van der Waals surface area contributed by atoms with E-state index in [0.29, 0.717) is 11.3 Å². The van der Waals surface area contributed by atoms with Crippen LogP contribution in [-0.4, -0.2) is 17.9 Å². The molecule has 1 heterocycles. The third-order valence-electron chi connectivity index (χ3n) is 2.33. The van der Waals surface area contributed by atoms with Crippen molar-refractivity contribution in [2.75, 3.05) is 7.05 Å². The van der Waals surface area contributed by atoms with Crippen LogP contribution in [0.5, 0.6) is 0 Å². The molecule has 0 unspecified atom stereocenters. The highest BCUT2D eigenvalue weighted by molar-refractivity contribution is 5.99. The molecular weight excluding hydrogens is 200 g/mol. The topological polar surface area (TPSA) is 42.0 Å². The molecule has 0 saturated carbocycles. The second kappa shape index (κ2) is 4.57. The third-order valence-corrected chi connectivity index (χ3v) is 2.33. The maximum Gasteiger partial charge on any atom is 0.253 e. The van der Waals surface area contributed by atoms with Gasteiger partial charge in [-0.3, -0.25) is 9.78 Å². The van der Waals surface area contributed by atoms with E-state index < -0.39 is 0 Å². The van der Waals surface area contributed by atoms with Crippen LogP contribution in [0.4, 0.5) is 0 Å². The molecule has 80 valence electrons. The number of benzene rings is 1. The van der Waals surface area contributed by atoms with Crippen LogP contribution in [0.3, 0.4) is 0 Å². The molecule has 1 aromatic carbocycles. The number of nitrogens with one attached hydrogen (secondary N) is 1. The Morgan fingerprint density at radius 2 is 1.88 bits per heavy atom. The molecule has 3 nitrogen and oxygen atoms in total. The van der Waals surface area contributed by atoms with Gasteiger partial charge in [-0.25, -0.2) is 0 Å². The third kappa shape index (κ3) is 1.93. The quantitative estimate of drug-likeness (QED) is 0.828. The average Bonchev–Trinajstić information content (AvgIpc) is 2.39. The molecule has 0 aliphatic carbocycles. The first-order chi connectivity index (χ1) is 7.83. The molecule has 16 heavy (non-hydrogen) atoms. The highest BCUT2D eigenvalue weighted by Crippen LogP contribution is 2.20. The molecule has 3 heteroatoms. The lowest BCUT2D eigenvalue weighted by Gasteiger charge is -2.06. The molecule has 0 bridgehead atoms. The Morgan fingerprint density at radius 3 is 2.56 bits per heavy atom. The monoisotopic (exact) mass is 212 g/mol. The molecule has 2 aromatic rings. The zero-order valence-corrected chi connectivity index (χ0v) is 8.97. The average molecular weight is 212 g/mol. The van der Waals surface area contributed by atoms with E-state index in [-0.39, 0.29) is 5.91 Å². The van der Waals surface area contributed by atoms with Gasteiger partial charge in [-0.15, -0.1) is 0 Å². The summed E-state index contributed by atoms with van der Waals surface area (Å²) in [6.07, 6.45) is 1.69. The number of rotatable bonds is 2. The summed E-state index contributed by atoms with van der Waals surface area (Å²) < 4.78 is 0. The lowest BCUT2D eigenvalue weighted by Crippen LogP contribution is -2.19. The second-order valence-electron chi connectivity index (χ2n) is 3.34. The standard InChI is InChI=1S/C13H12N2O/c1-14-13(16)11-8-5-9-15-12(11)10-6-3-2-4-7-10/h2-9H,1H3,(H,14,16). The summed E-state index contributed by atoms with van der Waals surface area (Å²) in [5.74, 6) is -0.119. The second-order valence-corrected chi connectivity index (χ2v) is 3.34. The number of hydrogen-bond acceptors (Lipinski definition) is 2. The summed E-state index contributed by atoms with van der Waals surface area (Å²) in [7, 11) is 1.62. The number of amides is 1. The van der Waals surface area contributed by atoms with Crippen LogP contribution in [-0.2, 0) is 0 Å². The Kier molecular flexibility index (Phi) is 2.96. The van der Waals surface area contributed by atoms with E-state index in [1.54, 1.807) is 25.4 Å². The van der Waals surface area contributed by atoms with Crippen LogP contribution >= 0.6 is 0 Å². The minimum absolute atomic E-state index is 0.119. The van der Waals surface area contributed by atoms with Gasteiger partial charge in [0.25, 0.3) is 5.91 Å². The van der Waals surface area contributed by atoms with Gasteiger partial charge in [0.1, 0.15) is 0 Å². The van der Waals surface area contributed by atoms with Crippen LogP contribution in [0.2, 0.25) is 0 Å². The van der Waals surface area contributed by atoms with Crippen molar-refractivity contribution >= 4 is 5.91 Å². The van der Waals surface area contributed by atoms with Gasteiger partial charge in [0.05, 0.1) is 11.3 Å². The van der Waals surface area contributed by atoms with Crippen LogP contribution in [0, 0.1) is 0 Å². The van der Waals surface area contributed by atoms with E-state index >= 15 is 0 Å². The van der Waals surface area contributed by atoms with Gasteiger partial charge in [-0.2, -0.15) is 0 Å². The molecule has 0 atom stereocenters. The van der Waals surface area contributed by atoms with Crippen molar-refractivity contribution in [2.24, 2.45) is 0 Å². The number of aromatic nitrogens is 1. The lowest BCUT2D eigenvalue weighted by atomic mass is 10.1. The van der Waals surface area contributed by atoms with Crippen LogP contribution in [0.15, 0.2) is 48.7 Å². The fourth-order valence-corrected chi connectivity index (χ4v) is 1.55. The summed E-state index contributed by atoms with van der Waals surface area (Å²) >= 11 is 0. The van der Waals surface area contributed by atoms with E-state index in [9.17, 15) is 4.79 Å². The largest absolute Gasteiger partial charge is 0.355 e. The molecule has 0 aliphatic rings. The first-order valence-corrected chi connectivity index (χ1v) is 5.05. The Hall–Kier alpha value is -2.16. The van der Waals surface area contributed by atoms with Gasteiger partial charge in [0, 0.05) is 18.8 Å². The summed E-state index contributed by atoms with van der Waals surface area (Å²) in [5.41, 5.74) is 2.25. The van der Waals surface area contributed by atoms with Gasteiger partial charge in [0.2, 0.25) is 0 Å². The fraction of sp³-hybridized carbons (Fsp3) is 0.0769. The van der Waals surface area contributed by atoms with Crippen molar-refractivity contribution in [1.29, 1.82) is 0 Å². The van der Waals surface area contributed by atoms with E-state index in [2.05, 4.69) is 10.3 Å². The van der Waals surface area contributed by atoms with Gasteiger partial charge >= 0.3 is 0 Å². The lowest BCUT2D eigenvalue weighted by molar-refractivity contribution is 0.0963. The fourth-order valence-electron chi connectivity index (χ4n) is 1.55. The molecule has 2 rings (SSSR count). The molecular formula is C13H12N2O. The Labute approximate surface area is 94.1 Å². The normalized spacial score (nSPS) is 9.81. The minimum atomic E-state index is -0.119. The van der Waals surface area contributed by atoms with Crippen molar-refractivity contribution in [1.82, 2.24) is 10.3 Å². The number of pyridine rings is 1. The predicted octanol–water partition coefficient (Wildman–Crippen LogP) is 2.11. The molecule has 0 fully saturated rings. The van der Waals surface area contributed by atoms with Gasteiger partial charge in [-0.1, -0.05) is 30.3 Å². The molecule has 0 spiro atoms. The highest BCUT2D eigenvalue weighted by atomic mass is 16.1. The maximum atomic E-state index is 11.7. The van der Waals surface area contributed by atoms with Gasteiger partial charge in [0.15, 0.2) is 0 Å². The molecule has 1 N–H and O–H groups in total. The summed E-state index contributed by atoms with van der Waals surface area (Å²) in [4.78, 5) is 15.9. The van der Waals surface area contributed by atoms with Crippen molar-refractivity contribution in [3.05, 3.63) is 54.2 Å². The highest BCUT2D eigenvalue weighted by Gasteiger charge is 2.11. The van der Waals surface area contributed by atoms with Crippen LogP contribution < -0.4 is 5.32 Å². The van der Waals surface area contributed by atoms with Crippen molar-refractivity contribution in [3.8, 4) is 11.3 Å². The first-order valence-electron chi connectivity index (χ1n) is 5.05. The Bertz CT molecular complexity index is 494. The predicted molar refractivity (Wildman–Crippen MR) is 63.1 cm³/mol. The van der Waals surface area contributed by atoms with Gasteiger partial charge in [-0.05, 0) is 12.1 Å². The first kappa shape index (κ1) is 10.4. The Morgan fingerprint density at radius 1 is 1.12 bits per heavy atom. The zero-order valence-electron chi connectivity index (χ0n) is 8.97. The van der Waals surface area contributed by atoms with Crippen LogP contribution in [0.25, 0.3) is 11.3 Å². The van der Waals surface area contributed by atoms with Crippen LogP contribution in [0.1, 0.15) is 10.4 Å². The summed E-state index contributed by atoms with van der Waals surface area (Å²) in [6, 6.07) is 13.2. The molecule has 0 radical (unpaired) electrons. The van der Waals surface area contributed by atoms with Gasteiger partial charge < -0.3 is 5.32 Å². The summed E-state index contributed by atoms with van der Waals surface area (Å²) in [5, 5.41) is 2.61. The van der Waals surface area contributed by atoms with E-state index in [4.69, 9.17) is 0 Å². The smallest absolute Gasteiger partial charge is 0.253 e. The van der Waals surface area contributed by atoms with Crippen molar-refractivity contribution in [2.45, 2.75) is 0 Å². The number of nitrogens with zero attached hydrogens (tertiary/aromatic N) is 1. The maximum absolute atomic E-state index is 11.7. The minimum Gasteiger partial charge on any atom is -0.355 e. The molecule has 1 amide bonds. The number of carbonyl (C=O) groups excluding carboxylic acids is 1. The SMILES string of the molecule is CNC(=O)c1cccnc1-c1ccccc1. The van der Waals surface area contributed by atoms with E-state index in [0.717, 1.165) is 5.56 Å². The number of carbonyl (C=O) groups is 1. The molecule has 0 saturated heterocycles. The van der Waals surface area contributed by atoms with E-state index in [1.165, 1.54) is 0 Å².